The van der Waals surface area contributed by atoms with E-state index in [1.54, 1.807) is 6.07 Å². The van der Waals surface area contributed by atoms with Crippen LogP contribution >= 0.6 is 0 Å². The number of carbonyl (C=O) groups is 1. The predicted molar refractivity (Wildman–Crippen MR) is 123 cm³/mol. The fourth-order valence-corrected chi connectivity index (χ4v) is 3.54. The Bertz CT molecular complexity index is 865. The van der Waals surface area contributed by atoms with Crippen molar-refractivity contribution in [2.24, 2.45) is 0 Å². The Morgan fingerprint density at radius 3 is 2.23 bits per heavy atom. The van der Waals surface area contributed by atoms with Crippen LogP contribution in [0.15, 0.2) is 48.5 Å². The molecule has 0 spiro atoms. The van der Waals surface area contributed by atoms with Crippen LogP contribution in [0.2, 0.25) is 0 Å². The minimum atomic E-state index is -0.614. The van der Waals surface area contributed by atoms with E-state index in [0.717, 1.165) is 18.3 Å². The maximum Gasteiger partial charge on any atom is 0.495 e. The third kappa shape index (κ3) is 5.76. The zero-order chi connectivity index (χ0) is 22.6. The summed E-state index contributed by atoms with van der Waals surface area (Å²) >= 11 is 0. The number of carbonyl (C=O) groups excluding carboxylic acids is 1. The van der Waals surface area contributed by atoms with Crippen LogP contribution in [-0.2, 0) is 20.7 Å². The maximum absolute atomic E-state index is 11.6. The Morgan fingerprint density at radius 1 is 0.968 bits per heavy atom. The van der Waals surface area contributed by atoms with Crippen LogP contribution in [0, 0.1) is 0 Å². The Balaban J connectivity index is 1.62. The lowest BCUT2D eigenvalue weighted by atomic mass is 9.76. The monoisotopic (exact) mass is 424 g/mol. The largest absolute Gasteiger partial charge is 0.495 e. The number of benzene rings is 2. The van der Waals surface area contributed by atoms with Crippen LogP contribution in [0.25, 0.3) is 0 Å². The van der Waals surface area contributed by atoms with Gasteiger partial charge in [0.05, 0.1) is 30.0 Å². The second-order valence-electron chi connectivity index (χ2n) is 9.27. The normalized spacial score (nSPS) is 19.1. The maximum atomic E-state index is 11.6. The van der Waals surface area contributed by atoms with Gasteiger partial charge < -0.3 is 18.8 Å². The summed E-state index contributed by atoms with van der Waals surface area (Å²) < 4.78 is 24.4. The minimum absolute atomic E-state index is 0.0482. The molecular formula is C25H33BO5. The van der Waals surface area contributed by atoms with Gasteiger partial charge in [0.2, 0.25) is 0 Å². The summed E-state index contributed by atoms with van der Waals surface area (Å²) in [7, 11) is -0.614. The van der Waals surface area contributed by atoms with Gasteiger partial charge in [-0.05, 0) is 70.8 Å². The SMILES string of the molecule is CC(CC(C)Oc1ccc(C=O)c(B2OC(C)(C)C(C)(C)O2)c1)OCc1ccccc1. The summed E-state index contributed by atoms with van der Waals surface area (Å²) in [5.41, 5.74) is 1.42. The number of hydrogen-bond donors (Lipinski definition) is 0. The number of aldehydes is 1. The Kier molecular flexibility index (Phi) is 7.25. The first-order valence-electron chi connectivity index (χ1n) is 10.9. The van der Waals surface area contributed by atoms with Crippen LogP contribution in [0.3, 0.4) is 0 Å². The van der Waals surface area contributed by atoms with E-state index in [0.29, 0.717) is 23.4 Å². The lowest BCUT2D eigenvalue weighted by Gasteiger charge is -2.32. The van der Waals surface area contributed by atoms with Crippen LogP contribution in [-0.4, -0.2) is 36.8 Å². The Morgan fingerprint density at radius 2 is 1.61 bits per heavy atom. The molecule has 31 heavy (non-hydrogen) atoms. The molecule has 0 N–H and O–H groups in total. The molecule has 2 aromatic rings. The number of ether oxygens (including phenoxy) is 2. The summed E-state index contributed by atoms with van der Waals surface area (Å²) in [5.74, 6) is 0.679. The van der Waals surface area contributed by atoms with Crippen molar-refractivity contribution in [1.82, 2.24) is 0 Å². The average molecular weight is 424 g/mol. The van der Waals surface area contributed by atoms with Crippen molar-refractivity contribution >= 4 is 18.9 Å². The molecule has 6 heteroatoms. The number of hydrogen-bond acceptors (Lipinski definition) is 5. The molecule has 2 aromatic carbocycles. The van der Waals surface area contributed by atoms with Gasteiger partial charge in [0.25, 0.3) is 0 Å². The van der Waals surface area contributed by atoms with Gasteiger partial charge in [-0.3, -0.25) is 4.79 Å². The van der Waals surface area contributed by atoms with Crippen molar-refractivity contribution in [3.63, 3.8) is 0 Å². The topological polar surface area (TPSA) is 54.0 Å². The summed E-state index contributed by atoms with van der Waals surface area (Å²) in [6.07, 6.45) is 1.56. The van der Waals surface area contributed by atoms with Crippen molar-refractivity contribution in [3.05, 3.63) is 59.7 Å². The molecule has 0 amide bonds. The van der Waals surface area contributed by atoms with Gasteiger partial charge in [-0.25, -0.2) is 0 Å². The quantitative estimate of drug-likeness (QED) is 0.436. The molecule has 0 saturated carbocycles. The molecule has 1 aliphatic rings. The van der Waals surface area contributed by atoms with Crippen LogP contribution in [0.1, 0.15) is 63.9 Å². The van der Waals surface area contributed by atoms with Gasteiger partial charge in [0.15, 0.2) is 0 Å². The molecule has 1 aliphatic heterocycles. The van der Waals surface area contributed by atoms with Crippen LogP contribution < -0.4 is 10.2 Å². The summed E-state index contributed by atoms with van der Waals surface area (Å²) in [4.78, 5) is 11.6. The van der Waals surface area contributed by atoms with E-state index in [1.807, 2.05) is 71.9 Å². The highest BCUT2D eigenvalue weighted by molar-refractivity contribution is 6.63. The first-order valence-corrected chi connectivity index (χ1v) is 10.9. The molecular weight excluding hydrogens is 391 g/mol. The van der Waals surface area contributed by atoms with Crippen molar-refractivity contribution < 1.29 is 23.6 Å². The summed E-state index contributed by atoms with van der Waals surface area (Å²) in [6.45, 7) is 12.6. The third-order valence-corrected chi connectivity index (χ3v) is 6.07. The molecule has 3 rings (SSSR count). The van der Waals surface area contributed by atoms with Gasteiger partial charge in [-0.1, -0.05) is 30.3 Å². The highest BCUT2D eigenvalue weighted by Gasteiger charge is 2.52. The molecule has 0 aromatic heterocycles. The van der Waals surface area contributed by atoms with Crippen molar-refractivity contribution in [3.8, 4) is 5.75 Å². The molecule has 0 bridgehead atoms. The van der Waals surface area contributed by atoms with Crippen LogP contribution in [0.4, 0.5) is 0 Å². The molecule has 0 radical (unpaired) electrons. The van der Waals surface area contributed by atoms with Crippen molar-refractivity contribution in [1.29, 1.82) is 0 Å². The standard InChI is InChI=1S/C25H33BO5/c1-18(28-17-20-10-8-7-9-11-20)14-19(2)29-22-13-12-21(16-27)23(15-22)26-30-24(3,4)25(5,6)31-26/h7-13,15-16,18-19H,14,17H2,1-6H3. The Labute approximate surface area is 186 Å². The highest BCUT2D eigenvalue weighted by Crippen LogP contribution is 2.37. The van der Waals surface area contributed by atoms with Gasteiger partial charge in [0.1, 0.15) is 12.0 Å². The van der Waals surface area contributed by atoms with E-state index >= 15 is 0 Å². The van der Waals surface area contributed by atoms with Crippen LogP contribution in [0.5, 0.6) is 5.75 Å². The fourth-order valence-electron chi connectivity index (χ4n) is 3.54. The van der Waals surface area contributed by atoms with E-state index in [9.17, 15) is 4.79 Å². The number of rotatable bonds is 9. The van der Waals surface area contributed by atoms with Crippen molar-refractivity contribution in [2.75, 3.05) is 0 Å². The molecule has 0 aliphatic carbocycles. The molecule has 1 fully saturated rings. The molecule has 166 valence electrons. The molecule has 1 saturated heterocycles. The summed E-state index contributed by atoms with van der Waals surface area (Å²) in [5, 5.41) is 0. The van der Waals surface area contributed by atoms with E-state index < -0.39 is 18.3 Å². The van der Waals surface area contributed by atoms with Crippen molar-refractivity contribution in [2.45, 2.75) is 78.0 Å². The molecule has 5 nitrogen and oxygen atoms in total. The highest BCUT2D eigenvalue weighted by atomic mass is 16.7. The zero-order valence-electron chi connectivity index (χ0n) is 19.4. The molecule has 2 atom stereocenters. The predicted octanol–water partition coefficient (Wildman–Crippen LogP) is 4.56. The second kappa shape index (κ2) is 9.55. The van der Waals surface area contributed by atoms with E-state index in [4.69, 9.17) is 18.8 Å². The van der Waals surface area contributed by atoms with Gasteiger partial charge in [-0.2, -0.15) is 0 Å². The third-order valence-electron chi connectivity index (χ3n) is 6.07. The first kappa shape index (κ1) is 23.5. The van der Waals surface area contributed by atoms with Gasteiger partial charge in [-0.15, -0.1) is 0 Å². The molecule has 1 heterocycles. The van der Waals surface area contributed by atoms with E-state index in [1.165, 1.54) is 0 Å². The second-order valence-corrected chi connectivity index (χ2v) is 9.27. The lowest BCUT2D eigenvalue weighted by Crippen LogP contribution is -2.41. The summed E-state index contributed by atoms with van der Waals surface area (Å²) in [6, 6.07) is 15.5. The first-order chi connectivity index (χ1) is 14.6. The van der Waals surface area contributed by atoms with Gasteiger partial charge in [0, 0.05) is 12.0 Å². The van der Waals surface area contributed by atoms with E-state index in [2.05, 4.69) is 12.1 Å². The van der Waals surface area contributed by atoms with E-state index in [-0.39, 0.29) is 12.2 Å². The lowest BCUT2D eigenvalue weighted by molar-refractivity contribution is 0.00578. The molecule has 2 unspecified atom stereocenters. The van der Waals surface area contributed by atoms with Gasteiger partial charge >= 0.3 is 7.12 Å². The average Bonchev–Trinajstić information content (AvgIpc) is 2.94. The smallest absolute Gasteiger partial charge is 0.491 e. The minimum Gasteiger partial charge on any atom is -0.491 e. The zero-order valence-corrected chi connectivity index (χ0v) is 19.4. The fraction of sp³-hybridized carbons (Fsp3) is 0.480. The Hall–Kier alpha value is -2.15.